The topological polar surface area (TPSA) is 88.2 Å². The van der Waals surface area contributed by atoms with Crippen LogP contribution in [0.4, 0.5) is 4.79 Å². The van der Waals surface area contributed by atoms with E-state index in [9.17, 15) is 14.4 Å². The second-order valence-electron chi connectivity index (χ2n) is 12.3. The zero-order valence-electron chi connectivity index (χ0n) is 23.2. The first-order chi connectivity index (χ1) is 17.5. The van der Waals surface area contributed by atoms with Crippen LogP contribution in [0, 0.1) is 23.7 Å². The van der Waals surface area contributed by atoms with Gasteiger partial charge in [-0.25, -0.2) is 4.79 Å². The molecule has 5 rings (SSSR count). The number of carbonyl (C=O) groups is 3. The van der Waals surface area contributed by atoms with Crippen LogP contribution < -0.4 is 5.32 Å². The number of methoxy groups -OCH3 is 1. The molecule has 37 heavy (non-hydrogen) atoms. The summed E-state index contributed by atoms with van der Waals surface area (Å²) in [6.07, 6.45) is 1.37. The molecule has 1 aromatic carbocycles. The average Bonchev–Trinajstić information content (AvgIpc) is 3.09. The molecule has 0 unspecified atom stereocenters. The molecule has 0 spiro atoms. The van der Waals surface area contributed by atoms with Crippen LogP contribution >= 0.6 is 0 Å². The number of benzene rings is 1. The fourth-order valence-electron chi connectivity index (χ4n) is 7.02. The van der Waals surface area contributed by atoms with E-state index >= 15 is 0 Å². The van der Waals surface area contributed by atoms with Gasteiger partial charge in [0.2, 0.25) is 5.91 Å². The SMILES string of the molecule is COC(=O)CC[C@@H]1[C@H]2C[C@H]3CN(CC(C)C)[C@@H]1[C@@]3(C(=O)NCc1ccccc1)N(C(=O)OC(C)(C)C)C2. The van der Waals surface area contributed by atoms with Gasteiger partial charge in [0.25, 0.3) is 0 Å². The summed E-state index contributed by atoms with van der Waals surface area (Å²) in [5.41, 5.74) is -0.702. The maximum Gasteiger partial charge on any atom is 0.411 e. The van der Waals surface area contributed by atoms with E-state index in [-0.39, 0.29) is 35.7 Å². The number of carbonyl (C=O) groups excluding carboxylic acids is 3. The molecule has 3 heterocycles. The zero-order chi connectivity index (χ0) is 27.0. The smallest absolute Gasteiger partial charge is 0.411 e. The van der Waals surface area contributed by atoms with Gasteiger partial charge in [0.05, 0.1) is 7.11 Å². The lowest BCUT2D eigenvalue weighted by atomic mass is 9.57. The molecule has 3 aliphatic heterocycles. The fraction of sp³-hybridized carbons (Fsp3) is 0.690. The molecule has 3 saturated heterocycles. The minimum Gasteiger partial charge on any atom is -0.469 e. The third-order valence-corrected chi connectivity index (χ3v) is 8.17. The molecule has 0 aromatic heterocycles. The number of fused-ring (bicyclic) bond motifs is 1. The van der Waals surface area contributed by atoms with E-state index in [2.05, 4.69) is 24.1 Å². The van der Waals surface area contributed by atoms with E-state index in [1.807, 2.05) is 51.1 Å². The summed E-state index contributed by atoms with van der Waals surface area (Å²) < 4.78 is 10.8. The van der Waals surface area contributed by atoms with Gasteiger partial charge < -0.3 is 14.8 Å². The Bertz CT molecular complexity index is 991. The second kappa shape index (κ2) is 10.6. The van der Waals surface area contributed by atoms with E-state index in [0.29, 0.717) is 31.8 Å². The van der Waals surface area contributed by atoms with Gasteiger partial charge in [0, 0.05) is 44.6 Å². The number of likely N-dealkylation sites (tertiary alicyclic amines) is 1. The molecule has 204 valence electrons. The highest BCUT2D eigenvalue weighted by atomic mass is 16.6. The molecule has 4 aliphatic rings. The zero-order valence-corrected chi connectivity index (χ0v) is 23.2. The average molecular weight is 514 g/mol. The van der Waals surface area contributed by atoms with Crippen LogP contribution in [0.3, 0.4) is 0 Å². The molecule has 4 bridgehead atoms. The Morgan fingerprint density at radius 1 is 1.14 bits per heavy atom. The summed E-state index contributed by atoms with van der Waals surface area (Å²) in [6.45, 7) is 12.4. The monoisotopic (exact) mass is 513 g/mol. The molecule has 1 N–H and O–H groups in total. The van der Waals surface area contributed by atoms with E-state index < -0.39 is 17.2 Å². The first kappa shape index (κ1) is 27.4. The number of piperidine rings is 2. The summed E-state index contributed by atoms with van der Waals surface area (Å²) in [6, 6.07) is 9.65. The van der Waals surface area contributed by atoms with Gasteiger partial charge in [0.15, 0.2) is 0 Å². The Labute approximate surface area is 221 Å². The van der Waals surface area contributed by atoms with Gasteiger partial charge in [-0.1, -0.05) is 44.2 Å². The van der Waals surface area contributed by atoms with Gasteiger partial charge in [-0.15, -0.1) is 0 Å². The lowest BCUT2D eigenvalue weighted by Crippen LogP contribution is -2.78. The van der Waals surface area contributed by atoms with Crippen molar-refractivity contribution < 1.29 is 23.9 Å². The largest absolute Gasteiger partial charge is 0.469 e. The number of ether oxygens (including phenoxy) is 2. The molecular weight excluding hydrogens is 470 g/mol. The Balaban J connectivity index is 1.74. The maximum absolute atomic E-state index is 14.4. The summed E-state index contributed by atoms with van der Waals surface area (Å²) in [7, 11) is 1.41. The molecular formula is C29H43N3O5. The van der Waals surface area contributed by atoms with Crippen LogP contribution in [0.15, 0.2) is 30.3 Å². The quantitative estimate of drug-likeness (QED) is 0.532. The number of amides is 2. The number of rotatable bonds is 8. The van der Waals surface area contributed by atoms with Crippen LogP contribution in [-0.4, -0.2) is 71.7 Å². The Morgan fingerprint density at radius 3 is 2.46 bits per heavy atom. The standard InChI is InChI=1S/C29H43N3O5/c1-19(2)16-31-18-22-14-21-17-32(27(35)37-28(3,4)5)29(22,25(31)23(21)12-13-24(33)36-6)26(34)30-15-20-10-8-7-9-11-20/h7-11,19,21-23,25H,12-18H2,1-6H3,(H,30,34)/t21-,22-,23+,25-,29-/m0/s1. The van der Waals surface area contributed by atoms with Gasteiger partial charge in [0.1, 0.15) is 11.1 Å². The molecule has 0 radical (unpaired) electrons. The lowest BCUT2D eigenvalue weighted by molar-refractivity contribution is -0.159. The first-order valence-corrected chi connectivity index (χ1v) is 13.6. The van der Waals surface area contributed by atoms with Crippen LogP contribution in [0.5, 0.6) is 0 Å². The van der Waals surface area contributed by atoms with Crippen molar-refractivity contribution in [2.24, 2.45) is 23.7 Å². The highest BCUT2D eigenvalue weighted by Crippen LogP contribution is 2.58. The highest BCUT2D eigenvalue weighted by molar-refractivity contribution is 5.93. The third kappa shape index (κ3) is 5.35. The highest BCUT2D eigenvalue weighted by Gasteiger charge is 2.72. The number of hydrogen-bond donors (Lipinski definition) is 1. The van der Waals surface area contributed by atoms with Crippen molar-refractivity contribution in [3.8, 4) is 0 Å². The van der Waals surface area contributed by atoms with Gasteiger partial charge in [-0.05, 0) is 56.9 Å². The number of nitrogens with zero attached hydrogens (tertiary/aromatic N) is 2. The predicted octanol–water partition coefficient (Wildman–Crippen LogP) is 3.84. The molecule has 5 atom stereocenters. The number of hydrogen-bond acceptors (Lipinski definition) is 6. The van der Waals surface area contributed by atoms with E-state index in [0.717, 1.165) is 25.1 Å². The Morgan fingerprint density at radius 2 is 1.84 bits per heavy atom. The van der Waals surface area contributed by atoms with Crippen molar-refractivity contribution in [3.05, 3.63) is 35.9 Å². The van der Waals surface area contributed by atoms with Crippen molar-refractivity contribution in [1.82, 2.24) is 15.1 Å². The number of nitrogens with one attached hydrogen (secondary N) is 1. The Kier molecular flexibility index (Phi) is 7.88. The minimum atomic E-state index is -1.04. The van der Waals surface area contributed by atoms with Crippen LogP contribution in [0.2, 0.25) is 0 Å². The van der Waals surface area contributed by atoms with Gasteiger partial charge in [-0.3, -0.25) is 19.4 Å². The molecule has 1 aromatic rings. The van der Waals surface area contributed by atoms with Crippen molar-refractivity contribution in [2.45, 2.75) is 77.6 Å². The van der Waals surface area contributed by atoms with Crippen molar-refractivity contribution in [2.75, 3.05) is 26.7 Å². The second-order valence-corrected chi connectivity index (χ2v) is 12.3. The normalized spacial score (nSPS) is 28.9. The van der Waals surface area contributed by atoms with Gasteiger partial charge >= 0.3 is 12.1 Å². The van der Waals surface area contributed by atoms with E-state index in [4.69, 9.17) is 9.47 Å². The lowest BCUT2D eigenvalue weighted by Gasteiger charge is -2.60. The van der Waals surface area contributed by atoms with Gasteiger partial charge in [-0.2, -0.15) is 0 Å². The summed E-state index contributed by atoms with van der Waals surface area (Å²) in [5.74, 6) is 0.361. The Hall–Kier alpha value is -2.61. The fourth-order valence-corrected chi connectivity index (χ4v) is 7.02. The van der Waals surface area contributed by atoms with Crippen LogP contribution in [0.1, 0.15) is 59.4 Å². The molecule has 4 fully saturated rings. The predicted molar refractivity (Wildman–Crippen MR) is 140 cm³/mol. The van der Waals surface area contributed by atoms with E-state index in [1.165, 1.54) is 7.11 Å². The molecule has 1 aliphatic carbocycles. The molecule has 1 saturated carbocycles. The summed E-state index contributed by atoms with van der Waals surface area (Å²) >= 11 is 0. The molecule has 8 nitrogen and oxygen atoms in total. The van der Waals surface area contributed by atoms with Crippen LogP contribution in [-0.2, 0) is 25.6 Å². The molecule has 8 heteroatoms. The van der Waals surface area contributed by atoms with E-state index in [1.54, 1.807) is 4.90 Å². The van der Waals surface area contributed by atoms with Crippen molar-refractivity contribution >= 4 is 18.0 Å². The van der Waals surface area contributed by atoms with Crippen molar-refractivity contribution in [3.63, 3.8) is 0 Å². The summed E-state index contributed by atoms with van der Waals surface area (Å²) in [5, 5.41) is 3.20. The first-order valence-electron chi connectivity index (χ1n) is 13.6. The van der Waals surface area contributed by atoms with Crippen molar-refractivity contribution in [1.29, 1.82) is 0 Å². The minimum absolute atomic E-state index is 0.00710. The number of esters is 1. The third-order valence-electron chi connectivity index (χ3n) is 8.17. The molecule has 2 amide bonds. The maximum atomic E-state index is 14.4. The summed E-state index contributed by atoms with van der Waals surface area (Å²) in [4.78, 5) is 44.4. The van der Waals surface area contributed by atoms with Crippen LogP contribution in [0.25, 0.3) is 0 Å².